The maximum absolute atomic E-state index is 13.7. The van der Waals surface area contributed by atoms with Crippen LogP contribution in [0.3, 0.4) is 0 Å². The molecule has 0 bridgehead atoms. The van der Waals surface area contributed by atoms with Gasteiger partial charge in [-0.15, -0.1) is 0 Å². The first kappa shape index (κ1) is 42.8. The summed E-state index contributed by atoms with van der Waals surface area (Å²) < 4.78 is 16.8. The van der Waals surface area contributed by atoms with E-state index in [2.05, 4.69) is 63.1 Å². The lowest BCUT2D eigenvalue weighted by Gasteiger charge is -2.43. The smallest absolute Gasteiger partial charge is 0.407 e. The van der Waals surface area contributed by atoms with Crippen LogP contribution in [0.2, 0.25) is 0 Å². The molecule has 5 atom stereocenters. The number of H-pyrrole nitrogens is 2. The molecule has 334 valence electrons. The molecule has 9 rings (SSSR count). The average molecular weight is 871 g/mol. The van der Waals surface area contributed by atoms with Crippen LogP contribution in [0.4, 0.5) is 9.59 Å². The van der Waals surface area contributed by atoms with Crippen LogP contribution in [0.5, 0.6) is 5.75 Å². The predicted octanol–water partition coefficient (Wildman–Crippen LogP) is 7.69. The fourth-order valence-electron chi connectivity index (χ4n) is 10.1. The Hall–Kier alpha value is -6.52. The number of rotatable bonds is 12. The number of nitrogens with one attached hydrogen (secondary N) is 4. The molecule has 2 aromatic heterocycles. The van der Waals surface area contributed by atoms with Gasteiger partial charge in [0.1, 0.15) is 30.0 Å². The molecule has 0 aliphatic carbocycles. The number of nitrogens with zero attached hydrogens (tertiary/aromatic N) is 4. The highest BCUT2D eigenvalue weighted by atomic mass is 16.5. The molecule has 0 unspecified atom stereocenters. The van der Waals surface area contributed by atoms with E-state index >= 15 is 0 Å². The van der Waals surface area contributed by atoms with Crippen LogP contribution in [0, 0.1) is 17.8 Å². The Balaban J connectivity index is 0.990. The molecule has 64 heavy (non-hydrogen) atoms. The Bertz CT molecular complexity index is 2800. The molecule has 5 heterocycles. The van der Waals surface area contributed by atoms with Crippen LogP contribution in [0.15, 0.2) is 60.7 Å². The fourth-order valence-corrected chi connectivity index (χ4v) is 10.1. The van der Waals surface area contributed by atoms with Crippen molar-refractivity contribution in [1.82, 2.24) is 40.4 Å². The SMILES string of the molecule is COC[C@H]1C[C@@H](c2nc3c(ccc4cc5c(cc43)OCc3cc(-c4ccc6nc([C@@H]7CCCN7C(=O)[C@@H](NC(=O)OC)C(C)C)[nH]c6c4)ccc3-5)[nH]2)N([C@@](C=O)(NC(=O)O)C(C)C)C1. The molecule has 0 radical (unpaired) electrons. The van der Waals surface area contributed by atoms with Crippen LogP contribution in [0.25, 0.3) is 55.1 Å². The number of ether oxygens (including phenoxy) is 3. The van der Waals surface area contributed by atoms with Crippen molar-refractivity contribution >= 4 is 57.2 Å². The lowest BCUT2D eigenvalue weighted by atomic mass is 9.91. The second-order valence-corrected chi connectivity index (χ2v) is 18.0. The highest BCUT2D eigenvalue weighted by molar-refractivity contribution is 6.07. The van der Waals surface area contributed by atoms with Gasteiger partial charge in [0.25, 0.3) is 0 Å². The first-order chi connectivity index (χ1) is 30.8. The van der Waals surface area contributed by atoms with Crippen molar-refractivity contribution in [3.05, 3.63) is 77.9 Å². The summed E-state index contributed by atoms with van der Waals surface area (Å²) in [7, 11) is 2.93. The van der Waals surface area contributed by atoms with Crippen LogP contribution in [0.1, 0.15) is 76.3 Å². The average Bonchev–Trinajstić information content (AvgIpc) is 4.11. The molecule has 0 saturated carbocycles. The van der Waals surface area contributed by atoms with Crippen molar-refractivity contribution in [2.75, 3.05) is 33.9 Å². The van der Waals surface area contributed by atoms with Crippen LogP contribution >= 0.6 is 0 Å². The second kappa shape index (κ2) is 16.9. The van der Waals surface area contributed by atoms with Gasteiger partial charge in [0.05, 0.1) is 47.9 Å². The van der Waals surface area contributed by atoms with Crippen molar-refractivity contribution in [3.63, 3.8) is 0 Å². The number of carboxylic acid groups (broad SMARTS) is 1. The molecule has 3 amide bonds. The number of hydrogen-bond acceptors (Lipinski definition) is 10. The Morgan fingerprint density at radius 1 is 0.953 bits per heavy atom. The van der Waals surface area contributed by atoms with E-state index in [0.29, 0.717) is 44.8 Å². The van der Waals surface area contributed by atoms with Crippen molar-refractivity contribution < 1.29 is 38.5 Å². The Morgan fingerprint density at radius 2 is 1.72 bits per heavy atom. The summed E-state index contributed by atoms with van der Waals surface area (Å²) in [5.74, 6) is 1.56. The standard InChI is InChI=1S/C48H54N8O8/c1-25(2)41(53-47(61)63-6)45(58)55-15-7-8-38(55)43-49-35-13-10-29(19-37(35)51-43)28-9-12-32-31(17-28)23-64-40-20-33-30(18-34(32)40)11-14-36-42(33)52-44(50-36)39-16-27(22-62-5)21-56(39)48(24-57,26(3)4)54-46(59)60/h9-14,17-20,24-27,38-39,41,54H,7-8,15-16,21-23H2,1-6H3,(H,49,51)(H,50,52)(H,53,61)(H,59,60)/t27-,38-,39-,41-,48+/m0/s1. The number of aromatic amines is 2. The quantitative estimate of drug-likeness (QED) is 0.0755. The molecule has 16 heteroatoms. The molecular formula is C48H54N8O8. The van der Waals surface area contributed by atoms with Gasteiger partial charge in [0.2, 0.25) is 5.91 Å². The normalized spacial score (nSPS) is 20.0. The topological polar surface area (TPSA) is 204 Å². The van der Waals surface area contributed by atoms with E-state index < -0.39 is 23.9 Å². The molecule has 3 aliphatic heterocycles. The molecule has 5 N–H and O–H groups in total. The molecule has 2 fully saturated rings. The maximum Gasteiger partial charge on any atom is 0.407 e. The lowest BCUT2D eigenvalue weighted by molar-refractivity contribution is -0.135. The minimum atomic E-state index is -1.46. The van der Waals surface area contributed by atoms with Gasteiger partial charge in [-0.2, -0.15) is 0 Å². The lowest BCUT2D eigenvalue weighted by Crippen LogP contribution is -2.64. The number of alkyl carbamates (subject to hydrolysis) is 1. The Labute approximate surface area is 370 Å². The number of carbonyl (C=O) groups is 4. The zero-order valence-electron chi connectivity index (χ0n) is 36.9. The van der Waals surface area contributed by atoms with Crippen molar-refractivity contribution in [3.8, 4) is 28.0 Å². The van der Waals surface area contributed by atoms with Gasteiger partial charge in [-0.1, -0.05) is 52.0 Å². The number of aldehydes is 1. The van der Waals surface area contributed by atoms with Crippen molar-refractivity contribution in [1.29, 1.82) is 0 Å². The van der Waals surface area contributed by atoms with E-state index in [0.717, 1.165) is 85.1 Å². The zero-order chi connectivity index (χ0) is 45.0. The van der Waals surface area contributed by atoms with Crippen LogP contribution < -0.4 is 15.4 Å². The van der Waals surface area contributed by atoms with E-state index in [4.69, 9.17) is 24.2 Å². The van der Waals surface area contributed by atoms with Gasteiger partial charge < -0.3 is 39.5 Å². The molecule has 4 aromatic carbocycles. The third kappa shape index (κ3) is 7.47. The molecule has 2 saturated heterocycles. The molecule has 3 aliphatic rings. The number of methoxy groups -OCH3 is 2. The van der Waals surface area contributed by atoms with Crippen LogP contribution in [-0.4, -0.2) is 105 Å². The first-order valence-electron chi connectivity index (χ1n) is 21.9. The third-order valence-electron chi connectivity index (χ3n) is 13.4. The Morgan fingerprint density at radius 3 is 2.45 bits per heavy atom. The summed E-state index contributed by atoms with van der Waals surface area (Å²) in [4.78, 5) is 71.4. The molecule has 6 aromatic rings. The predicted molar refractivity (Wildman–Crippen MR) is 241 cm³/mol. The van der Waals surface area contributed by atoms with Crippen molar-refractivity contribution in [2.45, 2.75) is 77.4 Å². The molecular weight excluding hydrogens is 817 g/mol. The van der Waals surface area contributed by atoms with E-state index in [9.17, 15) is 24.3 Å². The number of fused-ring (bicyclic) bond motifs is 7. The highest BCUT2D eigenvalue weighted by Crippen LogP contribution is 2.45. The number of carbonyl (C=O) groups excluding carboxylic acids is 3. The minimum absolute atomic E-state index is 0.0605. The summed E-state index contributed by atoms with van der Waals surface area (Å²) in [6.45, 7) is 9.36. The van der Waals surface area contributed by atoms with Crippen LogP contribution in [-0.2, 0) is 25.7 Å². The highest BCUT2D eigenvalue weighted by Gasteiger charge is 2.50. The van der Waals surface area contributed by atoms with Gasteiger partial charge in [-0.05, 0) is 101 Å². The number of likely N-dealkylation sites (tertiary alicyclic amines) is 2. The Kier molecular flexibility index (Phi) is 11.3. The summed E-state index contributed by atoms with van der Waals surface area (Å²) in [5, 5.41) is 17.0. The number of amides is 3. The summed E-state index contributed by atoms with van der Waals surface area (Å²) in [6, 6.07) is 19.5. The van der Waals surface area contributed by atoms with E-state index in [-0.39, 0.29) is 35.7 Å². The number of imidazole rings is 2. The minimum Gasteiger partial charge on any atom is -0.488 e. The van der Waals surface area contributed by atoms with Gasteiger partial charge in [0.15, 0.2) is 11.9 Å². The van der Waals surface area contributed by atoms with Gasteiger partial charge in [-0.25, -0.2) is 19.6 Å². The molecule has 16 nitrogen and oxygen atoms in total. The largest absolute Gasteiger partial charge is 0.488 e. The maximum atomic E-state index is 13.7. The summed E-state index contributed by atoms with van der Waals surface area (Å²) in [6.07, 6.45) is 1.03. The number of aromatic nitrogens is 4. The molecule has 0 spiro atoms. The number of benzene rings is 4. The number of hydrogen-bond donors (Lipinski definition) is 5. The van der Waals surface area contributed by atoms with Crippen molar-refractivity contribution in [2.24, 2.45) is 17.8 Å². The second-order valence-electron chi connectivity index (χ2n) is 18.0. The van der Waals surface area contributed by atoms with E-state index in [1.807, 2.05) is 55.7 Å². The zero-order valence-corrected chi connectivity index (χ0v) is 36.9. The summed E-state index contributed by atoms with van der Waals surface area (Å²) >= 11 is 0. The van der Waals surface area contributed by atoms with Gasteiger partial charge >= 0.3 is 12.2 Å². The third-order valence-corrected chi connectivity index (χ3v) is 13.4. The van der Waals surface area contributed by atoms with Gasteiger partial charge in [0, 0.05) is 31.1 Å². The monoisotopic (exact) mass is 870 g/mol. The first-order valence-corrected chi connectivity index (χ1v) is 21.9. The van der Waals surface area contributed by atoms with E-state index in [1.54, 1.807) is 7.11 Å². The van der Waals surface area contributed by atoms with E-state index in [1.165, 1.54) is 7.11 Å². The summed E-state index contributed by atoms with van der Waals surface area (Å²) in [5.41, 5.74) is 6.99. The fraction of sp³-hybridized carbons (Fsp3) is 0.417. The van der Waals surface area contributed by atoms with Gasteiger partial charge in [-0.3, -0.25) is 19.8 Å².